The summed E-state index contributed by atoms with van der Waals surface area (Å²) in [6, 6.07) is 7.31. The van der Waals surface area contributed by atoms with E-state index in [1.165, 1.54) is 19.5 Å². The molecular formula is C23H34N4O2. The first-order valence-electron chi connectivity index (χ1n) is 11.0. The Balaban J connectivity index is 1.30. The number of para-hydroxylation sites is 1. The minimum Gasteiger partial charge on any atom is -0.356 e. The Bertz CT molecular complexity index is 853. The number of piperidine rings is 1. The number of nitrogens with one attached hydrogen (secondary N) is 2. The summed E-state index contributed by atoms with van der Waals surface area (Å²) in [6.45, 7) is 8.97. The Hall–Kier alpha value is -2.21. The molecule has 0 radical (unpaired) electrons. The quantitative estimate of drug-likeness (QED) is 0.636. The van der Waals surface area contributed by atoms with Crippen LogP contribution in [0.1, 0.15) is 51.8 Å². The van der Waals surface area contributed by atoms with Gasteiger partial charge in [0, 0.05) is 32.5 Å². The van der Waals surface area contributed by atoms with Gasteiger partial charge in [0.15, 0.2) is 0 Å². The molecule has 2 unspecified atom stereocenters. The highest BCUT2D eigenvalue weighted by molar-refractivity contribution is 5.77. The van der Waals surface area contributed by atoms with Crippen molar-refractivity contribution >= 4 is 16.8 Å². The van der Waals surface area contributed by atoms with Crippen LogP contribution in [0, 0.1) is 11.8 Å². The van der Waals surface area contributed by atoms with E-state index >= 15 is 0 Å². The van der Waals surface area contributed by atoms with Crippen LogP contribution in [-0.4, -0.2) is 47.0 Å². The van der Waals surface area contributed by atoms with E-state index in [9.17, 15) is 9.59 Å². The van der Waals surface area contributed by atoms with Crippen molar-refractivity contribution in [2.75, 3.05) is 26.2 Å². The molecule has 0 spiro atoms. The normalized spacial score (nSPS) is 20.1. The number of hydrogen-bond donors (Lipinski definition) is 2. The van der Waals surface area contributed by atoms with Crippen LogP contribution in [-0.2, 0) is 11.2 Å². The highest BCUT2D eigenvalue weighted by Crippen LogP contribution is 2.20. The van der Waals surface area contributed by atoms with Crippen molar-refractivity contribution in [3.8, 4) is 0 Å². The summed E-state index contributed by atoms with van der Waals surface area (Å²) in [4.78, 5) is 34.0. The fourth-order valence-electron chi connectivity index (χ4n) is 4.42. The van der Waals surface area contributed by atoms with Gasteiger partial charge in [-0.05, 0) is 56.2 Å². The van der Waals surface area contributed by atoms with E-state index in [-0.39, 0.29) is 11.5 Å². The standard InChI is InChI=1S/C23H34N4O2/c1-17-14-18(2)16-27(15-17)13-6-5-12-24-22(28)11-7-10-21-25-20-9-4-3-8-19(20)23(29)26-21/h3-4,8-9,17-18H,5-7,10-16H2,1-2H3,(H,24,28)(H,25,26,29). The first-order valence-corrected chi connectivity index (χ1v) is 11.0. The highest BCUT2D eigenvalue weighted by atomic mass is 16.1. The molecule has 1 aliphatic heterocycles. The van der Waals surface area contributed by atoms with Crippen molar-refractivity contribution in [2.24, 2.45) is 11.8 Å². The summed E-state index contributed by atoms with van der Waals surface area (Å²) in [5.74, 6) is 2.32. The lowest BCUT2D eigenvalue weighted by molar-refractivity contribution is -0.121. The Morgan fingerprint density at radius 2 is 1.93 bits per heavy atom. The topological polar surface area (TPSA) is 78.1 Å². The van der Waals surface area contributed by atoms with E-state index in [0.29, 0.717) is 36.0 Å². The molecule has 29 heavy (non-hydrogen) atoms. The largest absolute Gasteiger partial charge is 0.356 e. The van der Waals surface area contributed by atoms with Gasteiger partial charge in [-0.25, -0.2) is 4.98 Å². The maximum Gasteiger partial charge on any atom is 0.258 e. The van der Waals surface area contributed by atoms with Crippen LogP contribution in [0.25, 0.3) is 10.9 Å². The van der Waals surface area contributed by atoms with Gasteiger partial charge in [0.2, 0.25) is 5.91 Å². The maximum absolute atomic E-state index is 12.1. The van der Waals surface area contributed by atoms with E-state index in [1.807, 2.05) is 18.2 Å². The van der Waals surface area contributed by atoms with Crippen molar-refractivity contribution < 1.29 is 4.79 Å². The highest BCUT2D eigenvalue weighted by Gasteiger charge is 2.20. The molecule has 2 N–H and O–H groups in total. The zero-order valence-electron chi connectivity index (χ0n) is 17.7. The first-order chi connectivity index (χ1) is 14.0. The molecule has 0 aliphatic carbocycles. The molecule has 0 saturated carbocycles. The minimum absolute atomic E-state index is 0.0772. The first kappa shape index (κ1) is 21.5. The van der Waals surface area contributed by atoms with Crippen LogP contribution in [0.5, 0.6) is 0 Å². The number of nitrogens with zero attached hydrogens (tertiary/aromatic N) is 2. The van der Waals surface area contributed by atoms with Gasteiger partial charge < -0.3 is 15.2 Å². The third-order valence-electron chi connectivity index (χ3n) is 5.65. The Labute approximate surface area is 173 Å². The summed E-state index contributed by atoms with van der Waals surface area (Å²) in [7, 11) is 0. The SMILES string of the molecule is CC1CC(C)CN(CCCCNC(=O)CCCc2nc3ccccc3c(=O)[nH]2)C1. The Morgan fingerprint density at radius 1 is 1.17 bits per heavy atom. The zero-order chi connectivity index (χ0) is 20.6. The number of benzene rings is 1. The van der Waals surface area contributed by atoms with Gasteiger partial charge in [0.25, 0.3) is 5.56 Å². The molecule has 1 fully saturated rings. The molecule has 2 aromatic rings. The number of hydrogen-bond acceptors (Lipinski definition) is 4. The van der Waals surface area contributed by atoms with Crippen molar-refractivity contribution in [1.82, 2.24) is 20.2 Å². The number of likely N-dealkylation sites (tertiary alicyclic amines) is 1. The summed E-state index contributed by atoms with van der Waals surface area (Å²) < 4.78 is 0. The van der Waals surface area contributed by atoms with Gasteiger partial charge in [-0.2, -0.15) is 0 Å². The monoisotopic (exact) mass is 398 g/mol. The molecule has 3 rings (SSSR count). The van der Waals surface area contributed by atoms with Crippen LogP contribution in [0.4, 0.5) is 0 Å². The van der Waals surface area contributed by atoms with E-state index in [0.717, 1.165) is 37.8 Å². The summed E-state index contributed by atoms with van der Waals surface area (Å²) >= 11 is 0. The smallest absolute Gasteiger partial charge is 0.258 e. The summed E-state index contributed by atoms with van der Waals surface area (Å²) in [5.41, 5.74) is 0.584. The minimum atomic E-state index is -0.118. The molecule has 1 aliphatic rings. The molecule has 1 amide bonds. The van der Waals surface area contributed by atoms with E-state index in [4.69, 9.17) is 0 Å². The van der Waals surface area contributed by atoms with E-state index in [1.54, 1.807) is 6.07 Å². The number of fused-ring (bicyclic) bond motifs is 1. The second-order valence-corrected chi connectivity index (χ2v) is 8.65. The van der Waals surface area contributed by atoms with Gasteiger partial charge in [0.05, 0.1) is 10.9 Å². The molecule has 2 heterocycles. The lowest BCUT2D eigenvalue weighted by Gasteiger charge is -2.34. The number of carbonyl (C=O) groups is 1. The molecule has 2 atom stereocenters. The Kier molecular flexibility index (Phi) is 7.81. The summed E-state index contributed by atoms with van der Waals surface area (Å²) in [5, 5.41) is 3.61. The lowest BCUT2D eigenvalue weighted by Crippen LogP contribution is -2.39. The predicted molar refractivity (Wildman–Crippen MR) is 117 cm³/mol. The van der Waals surface area contributed by atoms with Crippen LogP contribution in [0.15, 0.2) is 29.1 Å². The number of aromatic amines is 1. The number of rotatable bonds is 9. The number of amides is 1. The third-order valence-corrected chi connectivity index (χ3v) is 5.65. The van der Waals surface area contributed by atoms with Crippen LogP contribution < -0.4 is 10.9 Å². The average molecular weight is 399 g/mol. The number of aromatic nitrogens is 2. The predicted octanol–water partition coefficient (Wildman–Crippen LogP) is 3.12. The third kappa shape index (κ3) is 6.67. The molecule has 158 valence electrons. The number of H-pyrrole nitrogens is 1. The van der Waals surface area contributed by atoms with Crippen LogP contribution in [0.2, 0.25) is 0 Å². The fraction of sp³-hybridized carbons (Fsp3) is 0.609. The average Bonchev–Trinajstić information content (AvgIpc) is 2.67. The van der Waals surface area contributed by atoms with Gasteiger partial charge in [-0.15, -0.1) is 0 Å². The maximum atomic E-state index is 12.1. The summed E-state index contributed by atoms with van der Waals surface area (Å²) in [6.07, 6.45) is 5.22. The van der Waals surface area contributed by atoms with Crippen molar-refractivity contribution in [3.63, 3.8) is 0 Å². The van der Waals surface area contributed by atoms with Gasteiger partial charge >= 0.3 is 0 Å². The van der Waals surface area contributed by atoms with Crippen molar-refractivity contribution in [3.05, 3.63) is 40.4 Å². The Morgan fingerprint density at radius 3 is 2.72 bits per heavy atom. The molecule has 6 heteroatoms. The van der Waals surface area contributed by atoms with Crippen molar-refractivity contribution in [1.29, 1.82) is 0 Å². The van der Waals surface area contributed by atoms with E-state index in [2.05, 4.69) is 34.0 Å². The molecule has 6 nitrogen and oxygen atoms in total. The lowest BCUT2D eigenvalue weighted by atomic mass is 9.92. The molecule has 1 saturated heterocycles. The zero-order valence-corrected chi connectivity index (χ0v) is 17.7. The van der Waals surface area contributed by atoms with Crippen molar-refractivity contribution in [2.45, 2.75) is 52.4 Å². The molecule has 0 bridgehead atoms. The van der Waals surface area contributed by atoms with Gasteiger partial charge in [-0.1, -0.05) is 26.0 Å². The van der Waals surface area contributed by atoms with Crippen LogP contribution >= 0.6 is 0 Å². The van der Waals surface area contributed by atoms with Crippen LogP contribution in [0.3, 0.4) is 0 Å². The number of carbonyl (C=O) groups excluding carboxylic acids is 1. The van der Waals surface area contributed by atoms with E-state index < -0.39 is 0 Å². The van der Waals surface area contributed by atoms with Gasteiger partial charge in [0.1, 0.15) is 5.82 Å². The fourth-order valence-corrected chi connectivity index (χ4v) is 4.42. The second kappa shape index (κ2) is 10.5. The number of unbranched alkanes of at least 4 members (excludes halogenated alkanes) is 1. The second-order valence-electron chi connectivity index (χ2n) is 8.65. The number of aryl methyl sites for hydroxylation is 1. The van der Waals surface area contributed by atoms with Gasteiger partial charge in [-0.3, -0.25) is 9.59 Å². The molecular weight excluding hydrogens is 364 g/mol. The molecule has 1 aromatic carbocycles. The molecule has 1 aromatic heterocycles.